The fourth-order valence-electron chi connectivity index (χ4n) is 4.32. The molecule has 5 rings (SSSR count). The molecule has 0 unspecified atom stereocenters. The molecule has 0 atom stereocenters. The van der Waals surface area contributed by atoms with Gasteiger partial charge in [-0.15, -0.1) is 5.10 Å². The summed E-state index contributed by atoms with van der Waals surface area (Å²) in [6.45, 7) is 2.57. The number of aromatic nitrogens is 4. The Bertz CT molecular complexity index is 869. The van der Waals surface area contributed by atoms with Crippen LogP contribution in [0.3, 0.4) is 0 Å². The molecule has 0 N–H and O–H groups in total. The molecule has 0 spiro atoms. The summed E-state index contributed by atoms with van der Waals surface area (Å²) in [5.41, 5.74) is 4.88. The van der Waals surface area contributed by atoms with Crippen LogP contribution < -0.4 is 10.5 Å². The van der Waals surface area contributed by atoms with Crippen molar-refractivity contribution in [2.24, 2.45) is 5.92 Å². The van der Waals surface area contributed by atoms with E-state index < -0.39 is 0 Å². The average Bonchev–Trinajstić information content (AvgIpc) is 3.05. The van der Waals surface area contributed by atoms with E-state index in [0.717, 1.165) is 55.8 Å². The molecule has 0 bridgehead atoms. The second kappa shape index (κ2) is 5.93. The first-order chi connectivity index (χ1) is 12.3. The Morgan fingerprint density at radius 3 is 2.60 bits per heavy atom. The van der Waals surface area contributed by atoms with Crippen LogP contribution in [0.5, 0.6) is 0 Å². The quantitative estimate of drug-likeness (QED) is 0.850. The van der Waals surface area contributed by atoms with E-state index in [9.17, 15) is 4.79 Å². The van der Waals surface area contributed by atoms with Gasteiger partial charge in [-0.1, -0.05) is 0 Å². The molecular formula is C19H23N5O. The van der Waals surface area contributed by atoms with Gasteiger partial charge >= 0.3 is 0 Å². The highest BCUT2D eigenvalue weighted by Gasteiger charge is 2.30. The zero-order valence-electron chi connectivity index (χ0n) is 14.4. The lowest BCUT2D eigenvalue weighted by Gasteiger charge is -2.40. The summed E-state index contributed by atoms with van der Waals surface area (Å²) in [6, 6.07) is 4.01. The average molecular weight is 337 g/mol. The van der Waals surface area contributed by atoms with Crippen molar-refractivity contribution in [1.82, 2.24) is 20.0 Å². The minimum Gasteiger partial charge on any atom is -0.354 e. The standard InChI is InChI=1S/C19H23N5O/c25-19-9-15-4-1-2-6-17(15)22-24(19)12-13-10-23(11-13)18-8-14-5-3-7-16(14)20-21-18/h8-9,13H,1-7,10-12H2. The van der Waals surface area contributed by atoms with Crippen molar-refractivity contribution in [1.29, 1.82) is 0 Å². The van der Waals surface area contributed by atoms with Crippen LogP contribution in [-0.4, -0.2) is 33.1 Å². The monoisotopic (exact) mass is 337 g/mol. The van der Waals surface area contributed by atoms with Gasteiger partial charge in [-0.25, -0.2) is 4.68 Å². The molecule has 6 nitrogen and oxygen atoms in total. The first-order valence-corrected chi connectivity index (χ1v) is 9.46. The minimum atomic E-state index is 0.0522. The van der Waals surface area contributed by atoms with E-state index in [0.29, 0.717) is 12.5 Å². The van der Waals surface area contributed by atoms with Gasteiger partial charge in [0.2, 0.25) is 0 Å². The fourth-order valence-corrected chi connectivity index (χ4v) is 4.32. The number of hydrogen-bond acceptors (Lipinski definition) is 5. The lowest BCUT2D eigenvalue weighted by atomic mass is 9.96. The first kappa shape index (κ1) is 15.0. The van der Waals surface area contributed by atoms with Crippen LogP contribution in [0.4, 0.5) is 5.82 Å². The fraction of sp³-hybridized carbons (Fsp3) is 0.579. The lowest BCUT2D eigenvalue weighted by Crippen LogP contribution is -2.50. The predicted octanol–water partition coefficient (Wildman–Crippen LogP) is 1.54. The van der Waals surface area contributed by atoms with Crippen LogP contribution in [0.25, 0.3) is 0 Å². The highest BCUT2D eigenvalue weighted by molar-refractivity contribution is 5.45. The van der Waals surface area contributed by atoms with Gasteiger partial charge in [0.05, 0.1) is 17.9 Å². The number of aryl methyl sites for hydroxylation is 4. The largest absolute Gasteiger partial charge is 0.354 e. The Morgan fingerprint density at radius 1 is 0.920 bits per heavy atom. The predicted molar refractivity (Wildman–Crippen MR) is 94.9 cm³/mol. The molecule has 25 heavy (non-hydrogen) atoms. The molecule has 6 heteroatoms. The molecule has 1 aliphatic heterocycles. The SMILES string of the molecule is O=c1cc2c(nn1CC1CN(c3cc4c(nn3)CCC4)C1)CCCC2. The van der Waals surface area contributed by atoms with Crippen molar-refractivity contribution in [3.63, 3.8) is 0 Å². The van der Waals surface area contributed by atoms with Crippen LogP contribution in [-0.2, 0) is 32.2 Å². The molecule has 1 saturated heterocycles. The van der Waals surface area contributed by atoms with Gasteiger partial charge in [-0.05, 0) is 62.1 Å². The van der Waals surface area contributed by atoms with Gasteiger partial charge in [-0.2, -0.15) is 10.2 Å². The Balaban J connectivity index is 1.26. The molecule has 2 aliphatic carbocycles. The maximum absolute atomic E-state index is 12.3. The molecular weight excluding hydrogens is 314 g/mol. The van der Waals surface area contributed by atoms with Crippen LogP contribution in [0.1, 0.15) is 41.8 Å². The summed E-state index contributed by atoms with van der Waals surface area (Å²) >= 11 is 0. The molecule has 0 amide bonds. The van der Waals surface area contributed by atoms with Crippen LogP contribution in [0.2, 0.25) is 0 Å². The van der Waals surface area contributed by atoms with Gasteiger partial charge in [0.25, 0.3) is 5.56 Å². The van der Waals surface area contributed by atoms with E-state index in [2.05, 4.69) is 26.3 Å². The molecule has 2 aromatic heterocycles. The van der Waals surface area contributed by atoms with Crippen molar-refractivity contribution in [2.75, 3.05) is 18.0 Å². The van der Waals surface area contributed by atoms with Crippen LogP contribution >= 0.6 is 0 Å². The first-order valence-electron chi connectivity index (χ1n) is 9.46. The normalized spacial score (nSPS) is 19.4. The lowest BCUT2D eigenvalue weighted by molar-refractivity contribution is 0.329. The van der Waals surface area contributed by atoms with E-state index in [-0.39, 0.29) is 5.56 Å². The zero-order chi connectivity index (χ0) is 16.8. The van der Waals surface area contributed by atoms with Gasteiger partial charge in [0.1, 0.15) is 0 Å². The van der Waals surface area contributed by atoms with E-state index in [1.54, 1.807) is 4.68 Å². The molecule has 130 valence electrons. The highest BCUT2D eigenvalue weighted by Crippen LogP contribution is 2.27. The third kappa shape index (κ3) is 2.73. The summed E-state index contributed by atoms with van der Waals surface area (Å²) < 4.78 is 1.68. The molecule has 2 aromatic rings. The minimum absolute atomic E-state index is 0.0522. The summed E-state index contributed by atoms with van der Waals surface area (Å²) in [5.74, 6) is 1.45. The van der Waals surface area contributed by atoms with Crippen LogP contribution in [0, 0.1) is 5.92 Å². The maximum atomic E-state index is 12.3. The Morgan fingerprint density at radius 2 is 1.68 bits per heavy atom. The van der Waals surface area contributed by atoms with Crippen molar-refractivity contribution < 1.29 is 0 Å². The molecule has 3 aliphatic rings. The molecule has 3 heterocycles. The summed E-state index contributed by atoms with van der Waals surface area (Å²) in [5, 5.41) is 13.4. The third-order valence-electron chi connectivity index (χ3n) is 5.79. The highest BCUT2D eigenvalue weighted by atomic mass is 16.1. The van der Waals surface area contributed by atoms with E-state index in [1.165, 1.54) is 30.5 Å². The summed E-state index contributed by atoms with van der Waals surface area (Å²) in [4.78, 5) is 14.6. The number of rotatable bonds is 3. The van der Waals surface area contributed by atoms with Gasteiger partial charge in [0.15, 0.2) is 5.82 Å². The van der Waals surface area contributed by atoms with Gasteiger partial charge in [0, 0.05) is 25.1 Å². The van der Waals surface area contributed by atoms with Crippen LogP contribution in [0.15, 0.2) is 16.9 Å². The van der Waals surface area contributed by atoms with Crippen molar-refractivity contribution in [2.45, 2.75) is 51.5 Å². The smallest absolute Gasteiger partial charge is 0.267 e. The summed E-state index contributed by atoms with van der Waals surface area (Å²) in [6.07, 6.45) is 7.78. The Labute approximate surface area is 146 Å². The second-order valence-corrected chi connectivity index (χ2v) is 7.64. The second-order valence-electron chi connectivity index (χ2n) is 7.64. The van der Waals surface area contributed by atoms with E-state index in [4.69, 9.17) is 0 Å². The Hall–Kier alpha value is -2.24. The van der Waals surface area contributed by atoms with E-state index >= 15 is 0 Å². The summed E-state index contributed by atoms with van der Waals surface area (Å²) in [7, 11) is 0. The van der Waals surface area contributed by atoms with E-state index in [1.807, 2.05) is 6.07 Å². The number of fused-ring (bicyclic) bond motifs is 2. The topological polar surface area (TPSA) is 63.9 Å². The third-order valence-corrected chi connectivity index (χ3v) is 5.79. The Kier molecular flexibility index (Phi) is 3.57. The molecule has 0 radical (unpaired) electrons. The van der Waals surface area contributed by atoms with Crippen molar-refractivity contribution >= 4 is 5.82 Å². The van der Waals surface area contributed by atoms with Gasteiger partial charge in [-0.3, -0.25) is 4.79 Å². The zero-order valence-corrected chi connectivity index (χ0v) is 14.4. The van der Waals surface area contributed by atoms with Gasteiger partial charge < -0.3 is 4.90 Å². The molecule has 0 aromatic carbocycles. The number of nitrogens with zero attached hydrogens (tertiary/aromatic N) is 5. The van der Waals surface area contributed by atoms with Crippen molar-refractivity contribution in [3.05, 3.63) is 45.0 Å². The maximum Gasteiger partial charge on any atom is 0.267 e. The molecule has 0 saturated carbocycles. The van der Waals surface area contributed by atoms with Crippen molar-refractivity contribution in [3.8, 4) is 0 Å². The molecule has 1 fully saturated rings. The number of hydrogen-bond donors (Lipinski definition) is 0. The number of anilines is 1.